The third-order valence-corrected chi connectivity index (χ3v) is 6.47. The Morgan fingerprint density at radius 3 is 2.41 bits per heavy atom. The number of carbonyl (C=O) groups is 2. The molecule has 0 radical (unpaired) electrons. The summed E-state index contributed by atoms with van der Waals surface area (Å²) in [6.45, 7) is 0.328. The highest BCUT2D eigenvalue weighted by atomic mass is 35.5. The van der Waals surface area contributed by atoms with Gasteiger partial charge in [-0.15, -0.1) is 0 Å². The van der Waals surface area contributed by atoms with Gasteiger partial charge in [0.15, 0.2) is 6.61 Å². The zero-order valence-corrected chi connectivity index (χ0v) is 16.9. The summed E-state index contributed by atoms with van der Waals surface area (Å²) in [7, 11) is -3.65. The molecule has 2 heterocycles. The lowest BCUT2D eigenvalue weighted by Crippen LogP contribution is -2.51. The van der Waals surface area contributed by atoms with E-state index in [2.05, 4.69) is 0 Å². The van der Waals surface area contributed by atoms with Gasteiger partial charge in [-0.3, -0.25) is 4.79 Å². The van der Waals surface area contributed by atoms with E-state index >= 15 is 0 Å². The largest absolute Gasteiger partial charge is 0.465 e. The smallest absolute Gasteiger partial charge is 0.331 e. The summed E-state index contributed by atoms with van der Waals surface area (Å²) < 4.78 is 36.6. The number of hydrogen-bond acceptors (Lipinski definition) is 6. The van der Waals surface area contributed by atoms with Crippen LogP contribution in [0.1, 0.15) is 5.76 Å². The second-order valence-corrected chi connectivity index (χ2v) is 8.57. The van der Waals surface area contributed by atoms with Crippen molar-refractivity contribution in [3.05, 3.63) is 59.5 Å². The Labute approximate surface area is 173 Å². The van der Waals surface area contributed by atoms with Crippen molar-refractivity contribution >= 4 is 39.6 Å². The molecule has 1 aromatic heterocycles. The average molecular weight is 439 g/mol. The number of carbonyl (C=O) groups excluding carboxylic acids is 2. The van der Waals surface area contributed by atoms with E-state index in [4.69, 9.17) is 20.8 Å². The number of nitrogens with zero attached hydrogens (tertiary/aromatic N) is 2. The molecule has 29 heavy (non-hydrogen) atoms. The molecule has 0 N–H and O–H groups in total. The maximum Gasteiger partial charge on any atom is 0.331 e. The number of hydrogen-bond donors (Lipinski definition) is 0. The average Bonchev–Trinajstić information content (AvgIpc) is 3.24. The Kier molecular flexibility index (Phi) is 6.73. The van der Waals surface area contributed by atoms with Gasteiger partial charge in [-0.05, 0) is 42.5 Å². The third-order valence-electron chi connectivity index (χ3n) is 4.31. The fourth-order valence-corrected chi connectivity index (χ4v) is 4.29. The lowest BCUT2D eigenvalue weighted by Gasteiger charge is -2.33. The van der Waals surface area contributed by atoms with Crippen LogP contribution in [0.4, 0.5) is 0 Å². The predicted molar refractivity (Wildman–Crippen MR) is 105 cm³/mol. The fourth-order valence-electron chi connectivity index (χ4n) is 2.74. The van der Waals surface area contributed by atoms with Crippen LogP contribution in [0, 0.1) is 0 Å². The van der Waals surface area contributed by atoms with Gasteiger partial charge >= 0.3 is 5.97 Å². The number of rotatable bonds is 6. The molecule has 0 atom stereocenters. The SMILES string of the molecule is O=C(/C=C/c1ccco1)OCC(=O)N1CCN(S(=O)(=O)c2ccc(Cl)cc2)CC1. The zero-order valence-electron chi connectivity index (χ0n) is 15.4. The number of furan rings is 1. The van der Waals surface area contributed by atoms with Gasteiger partial charge in [-0.1, -0.05) is 11.6 Å². The van der Waals surface area contributed by atoms with Gasteiger partial charge in [0.1, 0.15) is 5.76 Å². The topological polar surface area (TPSA) is 97.1 Å². The second kappa shape index (κ2) is 9.25. The standard InChI is InChI=1S/C19H19ClN2O6S/c20-15-3-6-17(7-4-15)29(25,26)22-11-9-21(10-12-22)18(23)14-28-19(24)8-5-16-2-1-13-27-16/h1-8,13H,9-12,14H2/b8-5+. The molecular formula is C19H19ClN2O6S. The normalized spacial score (nSPS) is 15.6. The molecule has 0 bridgehead atoms. The quantitative estimate of drug-likeness (QED) is 0.505. The van der Waals surface area contributed by atoms with E-state index in [1.807, 2.05) is 0 Å². The third kappa shape index (κ3) is 5.47. The summed E-state index contributed by atoms with van der Waals surface area (Å²) >= 11 is 5.80. The first-order valence-electron chi connectivity index (χ1n) is 8.78. The molecule has 154 valence electrons. The van der Waals surface area contributed by atoms with Crippen LogP contribution in [0.25, 0.3) is 6.08 Å². The molecule has 1 amide bonds. The minimum Gasteiger partial charge on any atom is -0.465 e. The molecular weight excluding hydrogens is 420 g/mol. The Hall–Kier alpha value is -2.62. The minimum atomic E-state index is -3.65. The summed E-state index contributed by atoms with van der Waals surface area (Å²) in [4.78, 5) is 25.5. The molecule has 0 aliphatic carbocycles. The Morgan fingerprint density at radius 2 is 1.79 bits per heavy atom. The van der Waals surface area contributed by atoms with Crippen LogP contribution in [0.3, 0.4) is 0 Å². The summed E-state index contributed by atoms with van der Waals surface area (Å²) in [5, 5.41) is 0.452. The molecule has 1 fully saturated rings. The van der Waals surface area contributed by atoms with E-state index in [1.54, 1.807) is 12.1 Å². The van der Waals surface area contributed by atoms with Gasteiger partial charge in [-0.25, -0.2) is 13.2 Å². The van der Waals surface area contributed by atoms with E-state index in [9.17, 15) is 18.0 Å². The van der Waals surface area contributed by atoms with Crippen LogP contribution in [-0.2, 0) is 24.3 Å². The van der Waals surface area contributed by atoms with Crippen molar-refractivity contribution in [3.63, 3.8) is 0 Å². The molecule has 8 nitrogen and oxygen atoms in total. The van der Waals surface area contributed by atoms with Crippen molar-refractivity contribution in [2.75, 3.05) is 32.8 Å². The fraction of sp³-hybridized carbons (Fsp3) is 0.263. The Morgan fingerprint density at radius 1 is 1.10 bits per heavy atom. The van der Waals surface area contributed by atoms with Crippen LogP contribution in [0.15, 0.2) is 58.1 Å². The highest BCUT2D eigenvalue weighted by Gasteiger charge is 2.30. The summed E-state index contributed by atoms with van der Waals surface area (Å²) in [6.07, 6.45) is 4.08. The summed E-state index contributed by atoms with van der Waals surface area (Å²) in [5.41, 5.74) is 0. The van der Waals surface area contributed by atoms with Gasteiger partial charge in [0.25, 0.3) is 5.91 Å². The summed E-state index contributed by atoms with van der Waals surface area (Å²) in [6, 6.07) is 9.29. The lowest BCUT2D eigenvalue weighted by atomic mass is 10.3. The molecule has 2 aromatic rings. The van der Waals surface area contributed by atoms with Crippen LogP contribution >= 0.6 is 11.6 Å². The molecule has 1 aliphatic heterocycles. The lowest BCUT2D eigenvalue weighted by molar-refractivity contribution is -0.148. The van der Waals surface area contributed by atoms with Crippen LogP contribution in [-0.4, -0.2) is 62.3 Å². The molecule has 1 aliphatic rings. The number of halogens is 1. The first-order valence-corrected chi connectivity index (χ1v) is 10.6. The van der Waals surface area contributed by atoms with E-state index in [0.29, 0.717) is 10.8 Å². The first-order chi connectivity index (χ1) is 13.9. The molecule has 3 rings (SSSR count). The van der Waals surface area contributed by atoms with Crippen molar-refractivity contribution in [2.24, 2.45) is 0 Å². The molecule has 0 saturated carbocycles. The Bertz CT molecular complexity index is 978. The summed E-state index contributed by atoms with van der Waals surface area (Å²) in [5.74, 6) is -0.557. The van der Waals surface area contributed by atoms with Crippen molar-refractivity contribution in [3.8, 4) is 0 Å². The van der Waals surface area contributed by atoms with Gasteiger partial charge in [0.2, 0.25) is 10.0 Å². The van der Waals surface area contributed by atoms with E-state index in [-0.39, 0.29) is 37.0 Å². The van der Waals surface area contributed by atoms with E-state index < -0.39 is 22.6 Å². The zero-order chi connectivity index (χ0) is 20.9. The van der Waals surface area contributed by atoms with Gasteiger partial charge in [0.05, 0.1) is 11.2 Å². The van der Waals surface area contributed by atoms with Crippen LogP contribution in [0.2, 0.25) is 5.02 Å². The molecule has 0 spiro atoms. The maximum atomic E-state index is 12.7. The number of benzene rings is 1. The second-order valence-electron chi connectivity index (χ2n) is 6.20. The molecule has 0 unspecified atom stereocenters. The van der Waals surface area contributed by atoms with Gasteiger partial charge in [-0.2, -0.15) is 4.31 Å². The monoisotopic (exact) mass is 438 g/mol. The minimum absolute atomic E-state index is 0.152. The highest BCUT2D eigenvalue weighted by molar-refractivity contribution is 7.89. The number of sulfonamides is 1. The maximum absolute atomic E-state index is 12.7. The predicted octanol–water partition coefficient (Wildman–Crippen LogP) is 2.02. The molecule has 1 aromatic carbocycles. The van der Waals surface area contributed by atoms with E-state index in [0.717, 1.165) is 0 Å². The van der Waals surface area contributed by atoms with Crippen LogP contribution in [0.5, 0.6) is 0 Å². The number of piperazine rings is 1. The molecule has 10 heteroatoms. The van der Waals surface area contributed by atoms with Gasteiger partial charge in [0, 0.05) is 37.3 Å². The van der Waals surface area contributed by atoms with Crippen molar-refractivity contribution < 1.29 is 27.2 Å². The van der Waals surface area contributed by atoms with Gasteiger partial charge < -0.3 is 14.1 Å². The van der Waals surface area contributed by atoms with Crippen molar-refractivity contribution in [1.29, 1.82) is 0 Å². The Balaban J connectivity index is 1.48. The number of esters is 1. The number of amides is 1. The van der Waals surface area contributed by atoms with E-state index in [1.165, 1.54) is 51.9 Å². The van der Waals surface area contributed by atoms with Crippen LogP contribution < -0.4 is 0 Å². The molecule has 1 saturated heterocycles. The van der Waals surface area contributed by atoms with Crippen molar-refractivity contribution in [1.82, 2.24) is 9.21 Å². The highest BCUT2D eigenvalue weighted by Crippen LogP contribution is 2.20. The first kappa shape index (κ1) is 21.1. The number of ether oxygens (including phenoxy) is 1. The van der Waals surface area contributed by atoms with Crippen molar-refractivity contribution in [2.45, 2.75) is 4.90 Å².